The first-order valence-electron chi connectivity index (χ1n) is 6.10. The van der Waals surface area contributed by atoms with Gasteiger partial charge in [0.25, 0.3) is 5.69 Å². The van der Waals surface area contributed by atoms with Gasteiger partial charge in [-0.05, 0) is 54.8 Å². The minimum atomic E-state index is -0.420. The summed E-state index contributed by atoms with van der Waals surface area (Å²) in [5.74, 6) is 0.739. The van der Waals surface area contributed by atoms with Gasteiger partial charge in [-0.2, -0.15) is 0 Å². The Hall–Kier alpha value is -2.07. The molecule has 0 spiro atoms. The SMILES string of the molecule is Cc1cc(OCc2ccc([N+](=O)[O-])cc2)cc(C)c1Cl. The summed E-state index contributed by atoms with van der Waals surface area (Å²) in [5.41, 5.74) is 2.88. The number of ether oxygens (including phenoxy) is 1. The predicted octanol–water partition coefficient (Wildman–Crippen LogP) is 4.44. The van der Waals surface area contributed by atoms with Crippen LogP contribution in [0.5, 0.6) is 5.75 Å². The predicted molar refractivity (Wildman–Crippen MR) is 78.4 cm³/mol. The van der Waals surface area contributed by atoms with Gasteiger partial charge in [0.1, 0.15) is 12.4 Å². The zero-order valence-corrected chi connectivity index (χ0v) is 12.0. The number of nitro benzene ring substituents is 1. The molecule has 0 aliphatic heterocycles. The van der Waals surface area contributed by atoms with Crippen LogP contribution in [0.2, 0.25) is 5.02 Å². The molecule has 4 nitrogen and oxygen atoms in total. The van der Waals surface area contributed by atoms with Gasteiger partial charge in [0, 0.05) is 17.2 Å². The minimum Gasteiger partial charge on any atom is -0.489 e. The topological polar surface area (TPSA) is 52.4 Å². The van der Waals surface area contributed by atoms with Crippen molar-refractivity contribution in [2.45, 2.75) is 20.5 Å². The van der Waals surface area contributed by atoms with E-state index in [0.29, 0.717) is 6.61 Å². The van der Waals surface area contributed by atoms with Crippen molar-refractivity contribution < 1.29 is 9.66 Å². The van der Waals surface area contributed by atoms with Crippen molar-refractivity contribution in [3.8, 4) is 5.75 Å². The Labute approximate surface area is 122 Å². The standard InChI is InChI=1S/C15H14ClNO3/c1-10-7-14(8-11(2)15(10)16)20-9-12-3-5-13(6-4-12)17(18)19/h3-8H,9H2,1-2H3. The van der Waals surface area contributed by atoms with Crippen LogP contribution in [0, 0.1) is 24.0 Å². The molecule has 0 atom stereocenters. The summed E-state index contributed by atoms with van der Waals surface area (Å²) in [6.07, 6.45) is 0. The average molecular weight is 292 g/mol. The highest BCUT2D eigenvalue weighted by molar-refractivity contribution is 6.32. The molecule has 20 heavy (non-hydrogen) atoms. The van der Waals surface area contributed by atoms with Crippen molar-refractivity contribution in [2.24, 2.45) is 0 Å². The van der Waals surface area contributed by atoms with E-state index in [4.69, 9.17) is 16.3 Å². The number of non-ortho nitro benzene ring substituents is 1. The van der Waals surface area contributed by atoms with Crippen LogP contribution in [0.15, 0.2) is 36.4 Å². The van der Waals surface area contributed by atoms with E-state index in [9.17, 15) is 10.1 Å². The highest BCUT2D eigenvalue weighted by Crippen LogP contribution is 2.26. The Morgan fingerprint density at radius 3 is 2.20 bits per heavy atom. The molecule has 0 saturated heterocycles. The van der Waals surface area contributed by atoms with Crippen LogP contribution in [0.4, 0.5) is 5.69 Å². The van der Waals surface area contributed by atoms with Crippen molar-refractivity contribution in [3.05, 3.63) is 68.2 Å². The molecule has 0 aliphatic carbocycles. The van der Waals surface area contributed by atoms with E-state index in [2.05, 4.69) is 0 Å². The van der Waals surface area contributed by atoms with Crippen molar-refractivity contribution in [1.82, 2.24) is 0 Å². The molecule has 0 aliphatic rings. The lowest BCUT2D eigenvalue weighted by Crippen LogP contribution is -1.97. The van der Waals surface area contributed by atoms with Gasteiger partial charge in [0.05, 0.1) is 4.92 Å². The van der Waals surface area contributed by atoms with Crippen molar-refractivity contribution >= 4 is 17.3 Å². The molecule has 104 valence electrons. The van der Waals surface area contributed by atoms with Crippen molar-refractivity contribution in [2.75, 3.05) is 0 Å². The molecule has 2 aromatic carbocycles. The van der Waals surface area contributed by atoms with Gasteiger partial charge in [0.15, 0.2) is 0 Å². The molecule has 0 aromatic heterocycles. The Kier molecular flexibility index (Phi) is 4.25. The van der Waals surface area contributed by atoms with Crippen LogP contribution in [0.3, 0.4) is 0 Å². The average Bonchev–Trinajstić information content (AvgIpc) is 2.42. The number of hydrogen-bond donors (Lipinski definition) is 0. The third kappa shape index (κ3) is 3.27. The largest absolute Gasteiger partial charge is 0.489 e. The van der Waals surface area contributed by atoms with Crippen molar-refractivity contribution in [3.63, 3.8) is 0 Å². The second-order valence-corrected chi connectivity index (χ2v) is 4.96. The summed E-state index contributed by atoms with van der Waals surface area (Å²) in [7, 11) is 0. The molecule has 0 radical (unpaired) electrons. The maximum Gasteiger partial charge on any atom is 0.269 e. The number of benzene rings is 2. The smallest absolute Gasteiger partial charge is 0.269 e. The van der Waals surface area contributed by atoms with Crippen molar-refractivity contribution in [1.29, 1.82) is 0 Å². The summed E-state index contributed by atoms with van der Waals surface area (Å²) >= 11 is 6.09. The van der Waals surface area contributed by atoms with Gasteiger partial charge < -0.3 is 4.74 Å². The zero-order valence-electron chi connectivity index (χ0n) is 11.2. The summed E-state index contributed by atoms with van der Waals surface area (Å²) in [6, 6.07) is 10.1. The number of halogens is 1. The van der Waals surface area contributed by atoms with Crippen LogP contribution < -0.4 is 4.74 Å². The molecule has 0 heterocycles. The fraction of sp³-hybridized carbons (Fsp3) is 0.200. The number of nitrogens with zero attached hydrogens (tertiary/aromatic N) is 1. The summed E-state index contributed by atoms with van der Waals surface area (Å²) in [4.78, 5) is 10.1. The molecule has 0 unspecified atom stereocenters. The van der Waals surface area contributed by atoms with Gasteiger partial charge in [-0.15, -0.1) is 0 Å². The highest BCUT2D eigenvalue weighted by Gasteiger charge is 2.06. The molecule has 2 aromatic rings. The van der Waals surface area contributed by atoms with Gasteiger partial charge >= 0.3 is 0 Å². The van der Waals surface area contributed by atoms with E-state index >= 15 is 0 Å². The zero-order chi connectivity index (χ0) is 14.7. The molecular weight excluding hydrogens is 278 g/mol. The minimum absolute atomic E-state index is 0.0759. The van der Waals surface area contributed by atoms with Gasteiger partial charge in [0.2, 0.25) is 0 Å². The third-order valence-corrected chi connectivity index (χ3v) is 3.56. The van der Waals surface area contributed by atoms with Crippen LogP contribution >= 0.6 is 11.6 Å². The van der Waals surface area contributed by atoms with E-state index in [1.165, 1.54) is 12.1 Å². The second kappa shape index (κ2) is 5.92. The summed E-state index contributed by atoms with van der Waals surface area (Å²) in [5, 5.41) is 11.3. The summed E-state index contributed by atoms with van der Waals surface area (Å²) in [6.45, 7) is 4.21. The first-order valence-corrected chi connectivity index (χ1v) is 6.48. The molecule has 0 N–H and O–H groups in total. The second-order valence-electron chi connectivity index (χ2n) is 4.58. The van der Waals surface area contributed by atoms with Gasteiger partial charge in [-0.1, -0.05) is 11.6 Å². The van der Waals surface area contributed by atoms with E-state index in [-0.39, 0.29) is 5.69 Å². The quantitative estimate of drug-likeness (QED) is 0.618. The molecule has 2 rings (SSSR count). The number of aryl methyl sites for hydroxylation is 2. The van der Waals surface area contributed by atoms with Crippen LogP contribution in [-0.2, 0) is 6.61 Å². The van der Waals surface area contributed by atoms with E-state index in [1.54, 1.807) is 12.1 Å². The normalized spacial score (nSPS) is 10.3. The highest BCUT2D eigenvalue weighted by atomic mass is 35.5. The maximum atomic E-state index is 10.6. The Morgan fingerprint density at radius 2 is 1.70 bits per heavy atom. The maximum absolute atomic E-state index is 10.6. The number of rotatable bonds is 4. The Morgan fingerprint density at radius 1 is 1.15 bits per heavy atom. The fourth-order valence-electron chi connectivity index (χ4n) is 1.87. The van der Waals surface area contributed by atoms with Crippen LogP contribution in [-0.4, -0.2) is 4.92 Å². The Bertz CT molecular complexity index is 615. The lowest BCUT2D eigenvalue weighted by atomic mass is 10.1. The van der Waals surface area contributed by atoms with Crippen LogP contribution in [0.25, 0.3) is 0 Å². The number of nitro groups is 1. The van der Waals surface area contributed by atoms with Crippen LogP contribution in [0.1, 0.15) is 16.7 Å². The molecule has 0 fully saturated rings. The summed E-state index contributed by atoms with van der Waals surface area (Å²) < 4.78 is 5.68. The molecule has 0 amide bonds. The van der Waals surface area contributed by atoms with E-state index in [1.807, 2.05) is 26.0 Å². The van der Waals surface area contributed by atoms with Gasteiger partial charge in [-0.25, -0.2) is 0 Å². The fourth-order valence-corrected chi connectivity index (χ4v) is 1.98. The monoisotopic (exact) mass is 291 g/mol. The molecular formula is C15H14ClNO3. The van der Waals surface area contributed by atoms with Gasteiger partial charge in [-0.3, -0.25) is 10.1 Å². The number of hydrogen-bond acceptors (Lipinski definition) is 3. The van der Waals surface area contributed by atoms with E-state index < -0.39 is 4.92 Å². The first-order chi connectivity index (χ1) is 9.47. The first kappa shape index (κ1) is 14.3. The third-order valence-electron chi connectivity index (χ3n) is 2.96. The lowest BCUT2D eigenvalue weighted by Gasteiger charge is -2.10. The molecule has 5 heteroatoms. The molecule has 0 saturated carbocycles. The lowest BCUT2D eigenvalue weighted by molar-refractivity contribution is -0.384. The van der Waals surface area contributed by atoms with E-state index in [0.717, 1.165) is 27.5 Å². The Balaban J connectivity index is 2.07. The molecule has 0 bridgehead atoms.